The largest absolute Gasteiger partial charge is 0.488 e. The zero-order valence-corrected chi connectivity index (χ0v) is 18.0. The van der Waals surface area contributed by atoms with E-state index in [9.17, 15) is 19.6 Å². The summed E-state index contributed by atoms with van der Waals surface area (Å²) in [5, 5.41) is 22.4. The van der Waals surface area contributed by atoms with E-state index in [0.717, 1.165) is 31.2 Å². The van der Waals surface area contributed by atoms with Crippen molar-refractivity contribution >= 4 is 24.4 Å². The zero-order valence-electron chi connectivity index (χ0n) is 18.0. The standard InChI is InChI=1S/C24H31BN2O4/c1-2-22(28)27(17-18-10-5-3-6-11-18)23(19-12-9-13-20(16-19)25(30)31)24(29)26-21-14-7-4-8-15-21/h3,5-6,9-13,16,21,23,30-31H,2,4,7-8,14-15,17H2,1H3,(H,26,29). The van der Waals surface area contributed by atoms with Gasteiger partial charge in [0.2, 0.25) is 11.8 Å². The summed E-state index contributed by atoms with van der Waals surface area (Å²) in [7, 11) is -1.65. The second-order valence-electron chi connectivity index (χ2n) is 8.15. The third kappa shape index (κ3) is 6.18. The fourth-order valence-corrected chi connectivity index (χ4v) is 4.20. The Morgan fingerprint density at radius 2 is 1.77 bits per heavy atom. The molecule has 164 valence electrons. The lowest BCUT2D eigenvalue weighted by molar-refractivity contribution is -0.141. The highest BCUT2D eigenvalue weighted by atomic mass is 16.4. The van der Waals surface area contributed by atoms with E-state index >= 15 is 0 Å². The second-order valence-corrected chi connectivity index (χ2v) is 8.15. The number of benzene rings is 2. The van der Waals surface area contributed by atoms with Crippen LogP contribution in [0.2, 0.25) is 0 Å². The molecule has 0 saturated heterocycles. The van der Waals surface area contributed by atoms with Crippen molar-refractivity contribution in [3.8, 4) is 0 Å². The van der Waals surface area contributed by atoms with Gasteiger partial charge < -0.3 is 20.3 Å². The topological polar surface area (TPSA) is 89.9 Å². The Morgan fingerprint density at radius 3 is 2.42 bits per heavy atom. The Balaban J connectivity index is 1.97. The van der Waals surface area contributed by atoms with Crippen LogP contribution in [0, 0.1) is 0 Å². The fourth-order valence-electron chi connectivity index (χ4n) is 4.20. The summed E-state index contributed by atoms with van der Waals surface area (Å²) in [4.78, 5) is 28.1. The molecule has 31 heavy (non-hydrogen) atoms. The first-order chi connectivity index (χ1) is 15.0. The molecule has 1 atom stereocenters. The predicted octanol–water partition coefficient (Wildman–Crippen LogP) is 2.30. The van der Waals surface area contributed by atoms with Gasteiger partial charge in [-0.25, -0.2) is 0 Å². The minimum absolute atomic E-state index is 0.102. The highest BCUT2D eigenvalue weighted by Crippen LogP contribution is 2.26. The molecule has 1 saturated carbocycles. The molecule has 1 aliphatic rings. The molecule has 2 aromatic rings. The maximum absolute atomic E-state index is 13.5. The first-order valence-electron chi connectivity index (χ1n) is 11.1. The van der Waals surface area contributed by atoms with Gasteiger partial charge in [-0.2, -0.15) is 0 Å². The van der Waals surface area contributed by atoms with Crippen LogP contribution >= 0.6 is 0 Å². The highest BCUT2D eigenvalue weighted by molar-refractivity contribution is 6.58. The van der Waals surface area contributed by atoms with Gasteiger partial charge in [0.15, 0.2) is 0 Å². The van der Waals surface area contributed by atoms with Crippen LogP contribution in [0.5, 0.6) is 0 Å². The number of hydrogen-bond acceptors (Lipinski definition) is 4. The summed E-state index contributed by atoms with van der Waals surface area (Å²) < 4.78 is 0. The minimum Gasteiger partial charge on any atom is -0.423 e. The highest BCUT2D eigenvalue weighted by Gasteiger charge is 2.33. The van der Waals surface area contributed by atoms with Crippen molar-refractivity contribution < 1.29 is 19.6 Å². The predicted molar refractivity (Wildman–Crippen MR) is 121 cm³/mol. The second kappa shape index (κ2) is 11.1. The SMILES string of the molecule is CCC(=O)N(Cc1ccccc1)C(C(=O)NC1CCCCC1)c1cccc(B(O)O)c1. The summed E-state index contributed by atoms with van der Waals surface area (Å²) in [6.45, 7) is 2.08. The Hall–Kier alpha value is -2.64. The van der Waals surface area contributed by atoms with Gasteiger partial charge in [0.1, 0.15) is 6.04 Å². The van der Waals surface area contributed by atoms with Crippen LogP contribution in [0.1, 0.15) is 62.6 Å². The molecular formula is C24H31BN2O4. The van der Waals surface area contributed by atoms with Crippen molar-refractivity contribution in [3.63, 3.8) is 0 Å². The monoisotopic (exact) mass is 422 g/mol. The summed E-state index contributed by atoms with van der Waals surface area (Å²) in [6.07, 6.45) is 5.50. The molecule has 6 nitrogen and oxygen atoms in total. The molecule has 0 spiro atoms. The Morgan fingerprint density at radius 1 is 1.06 bits per heavy atom. The molecule has 3 N–H and O–H groups in total. The van der Waals surface area contributed by atoms with E-state index in [4.69, 9.17) is 0 Å². The van der Waals surface area contributed by atoms with Crippen LogP contribution < -0.4 is 10.8 Å². The van der Waals surface area contributed by atoms with E-state index in [0.29, 0.717) is 12.1 Å². The quantitative estimate of drug-likeness (QED) is 0.570. The number of amides is 2. The fraction of sp³-hybridized carbons (Fsp3) is 0.417. The molecule has 1 fully saturated rings. The van der Waals surface area contributed by atoms with Crippen molar-refractivity contribution in [1.29, 1.82) is 0 Å². The van der Waals surface area contributed by atoms with Gasteiger partial charge in [0.05, 0.1) is 0 Å². The van der Waals surface area contributed by atoms with E-state index < -0.39 is 13.2 Å². The van der Waals surface area contributed by atoms with Crippen LogP contribution in [0.15, 0.2) is 54.6 Å². The number of rotatable bonds is 8. The van der Waals surface area contributed by atoms with Crippen LogP contribution in [0.3, 0.4) is 0 Å². The molecular weight excluding hydrogens is 391 g/mol. The molecule has 0 bridgehead atoms. The van der Waals surface area contributed by atoms with Crippen molar-refractivity contribution in [1.82, 2.24) is 10.2 Å². The molecule has 7 heteroatoms. The van der Waals surface area contributed by atoms with E-state index in [1.807, 2.05) is 30.3 Å². The Kier molecular flexibility index (Phi) is 8.26. The van der Waals surface area contributed by atoms with Crippen molar-refractivity contribution in [2.45, 2.75) is 64.1 Å². The van der Waals surface area contributed by atoms with Crippen LogP contribution in [0.25, 0.3) is 0 Å². The number of nitrogens with one attached hydrogen (secondary N) is 1. The van der Waals surface area contributed by atoms with Gasteiger partial charge in [-0.05, 0) is 29.4 Å². The molecule has 1 unspecified atom stereocenters. The lowest BCUT2D eigenvalue weighted by Crippen LogP contribution is -2.47. The van der Waals surface area contributed by atoms with E-state index in [1.54, 1.807) is 36.1 Å². The first-order valence-corrected chi connectivity index (χ1v) is 11.1. The average Bonchev–Trinajstić information content (AvgIpc) is 2.79. The number of nitrogens with zero attached hydrogens (tertiary/aromatic N) is 1. The molecule has 1 aliphatic carbocycles. The maximum atomic E-state index is 13.5. The van der Waals surface area contributed by atoms with E-state index in [-0.39, 0.29) is 29.7 Å². The first kappa shape index (κ1) is 23.0. The van der Waals surface area contributed by atoms with Gasteiger partial charge in [-0.3, -0.25) is 9.59 Å². The van der Waals surface area contributed by atoms with Crippen molar-refractivity contribution in [2.75, 3.05) is 0 Å². The normalized spacial score (nSPS) is 15.2. The van der Waals surface area contributed by atoms with Crippen LogP contribution in [-0.4, -0.2) is 39.9 Å². The van der Waals surface area contributed by atoms with Gasteiger partial charge in [-0.1, -0.05) is 80.8 Å². The number of carbonyl (C=O) groups excluding carboxylic acids is 2. The average molecular weight is 422 g/mol. The number of hydrogen-bond donors (Lipinski definition) is 3. The Bertz CT molecular complexity index is 869. The van der Waals surface area contributed by atoms with Crippen LogP contribution in [0.4, 0.5) is 0 Å². The van der Waals surface area contributed by atoms with Crippen LogP contribution in [-0.2, 0) is 16.1 Å². The summed E-state index contributed by atoms with van der Waals surface area (Å²) in [5.74, 6) is -0.364. The lowest BCUT2D eigenvalue weighted by Gasteiger charge is -2.33. The summed E-state index contributed by atoms with van der Waals surface area (Å²) >= 11 is 0. The van der Waals surface area contributed by atoms with Crippen molar-refractivity contribution in [3.05, 3.63) is 65.7 Å². The smallest absolute Gasteiger partial charge is 0.423 e. The van der Waals surface area contributed by atoms with Gasteiger partial charge in [0, 0.05) is 19.0 Å². The molecule has 0 radical (unpaired) electrons. The number of carbonyl (C=O) groups is 2. The molecule has 0 aromatic heterocycles. The molecule has 2 amide bonds. The maximum Gasteiger partial charge on any atom is 0.488 e. The van der Waals surface area contributed by atoms with E-state index in [1.165, 1.54) is 6.42 Å². The molecule has 0 heterocycles. The lowest BCUT2D eigenvalue weighted by atomic mass is 9.79. The molecule has 3 rings (SSSR count). The Labute approximate surface area is 184 Å². The van der Waals surface area contributed by atoms with Crippen molar-refractivity contribution in [2.24, 2.45) is 0 Å². The minimum atomic E-state index is -1.65. The summed E-state index contributed by atoms with van der Waals surface area (Å²) in [6, 6.07) is 15.5. The third-order valence-electron chi connectivity index (χ3n) is 5.85. The van der Waals surface area contributed by atoms with Gasteiger partial charge in [0.25, 0.3) is 0 Å². The van der Waals surface area contributed by atoms with Gasteiger partial charge in [-0.15, -0.1) is 0 Å². The third-order valence-corrected chi connectivity index (χ3v) is 5.85. The van der Waals surface area contributed by atoms with E-state index in [2.05, 4.69) is 5.32 Å². The zero-order chi connectivity index (χ0) is 22.2. The van der Waals surface area contributed by atoms with Gasteiger partial charge >= 0.3 is 7.12 Å². The summed E-state index contributed by atoms with van der Waals surface area (Å²) in [5.41, 5.74) is 1.78. The molecule has 2 aromatic carbocycles. The molecule has 0 aliphatic heterocycles.